The van der Waals surface area contributed by atoms with Crippen molar-refractivity contribution in [1.29, 1.82) is 0 Å². The van der Waals surface area contributed by atoms with Gasteiger partial charge in [0.2, 0.25) is 17.2 Å². The van der Waals surface area contributed by atoms with Crippen molar-refractivity contribution in [3.8, 4) is 90.9 Å². The highest BCUT2D eigenvalue weighted by Gasteiger charge is 2.27. The van der Waals surface area contributed by atoms with Crippen molar-refractivity contribution < 1.29 is 25.5 Å². The Kier molecular flexibility index (Phi) is 8.23. The highest BCUT2D eigenvalue weighted by atomic mass is 32.1. The molecule has 292 valence electrons. The van der Waals surface area contributed by atoms with Gasteiger partial charge in [0.15, 0.2) is 29.0 Å². The Bertz CT molecular complexity index is 3520. The molecule has 0 amide bonds. The van der Waals surface area contributed by atoms with Gasteiger partial charge in [0, 0.05) is 53.3 Å². The van der Waals surface area contributed by atoms with E-state index in [-0.39, 0.29) is 5.56 Å². The van der Waals surface area contributed by atoms with Crippen molar-refractivity contribution >= 4 is 53.3 Å². The Morgan fingerprint density at radius 2 is 0.918 bits per heavy atom. The lowest BCUT2D eigenvalue weighted by molar-refractivity contribution is 0.330. The minimum Gasteiger partial charge on any atom is -0.504 e. The number of hydrogen-bond acceptors (Lipinski definition) is 9. The fourth-order valence-corrected chi connectivity index (χ4v) is 9.45. The highest BCUT2D eigenvalue weighted by Crippen LogP contribution is 2.56. The van der Waals surface area contributed by atoms with Crippen LogP contribution in [0.2, 0.25) is 0 Å². The molecule has 0 saturated heterocycles. The zero-order chi connectivity index (χ0) is 41.4. The summed E-state index contributed by atoms with van der Waals surface area (Å²) >= 11 is 1.70. The monoisotopic (exact) mass is 812 g/mol. The summed E-state index contributed by atoms with van der Waals surface area (Å²) in [6.45, 7) is 0. The van der Waals surface area contributed by atoms with Crippen LogP contribution < -0.4 is 0 Å². The number of phenols is 5. The largest absolute Gasteiger partial charge is 0.504 e. The Hall–Kier alpha value is -8.21. The standard InChI is InChI=1S/C51H32N4O5S/c56-44-43(45(57)47(59)48(60)46(44)58)35-19-11-21-39-42(35)34-18-9-10-20-38(34)55(39)31-23-25-41-37(27-31)36-26-30(22-24-40(36)61-41)50-52-49(29-14-5-2-6-15-29)53-51(54-50)33-17-8-7-16-32(33)28-12-3-1-4-13-28/h1-27,56-60H. The van der Waals surface area contributed by atoms with Crippen LogP contribution in [0.1, 0.15) is 0 Å². The average Bonchev–Trinajstić information content (AvgIpc) is 3.86. The Balaban J connectivity index is 1.10. The second kappa shape index (κ2) is 14.0. The first-order chi connectivity index (χ1) is 29.8. The lowest BCUT2D eigenvalue weighted by Gasteiger charge is -2.14. The third-order valence-electron chi connectivity index (χ3n) is 11.2. The number of aromatic nitrogens is 4. The van der Waals surface area contributed by atoms with E-state index in [0.29, 0.717) is 28.4 Å². The summed E-state index contributed by atoms with van der Waals surface area (Å²) in [5.74, 6) is -2.66. The van der Waals surface area contributed by atoms with E-state index >= 15 is 0 Å². The molecule has 8 aromatic carbocycles. The summed E-state index contributed by atoms with van der Waals surface area (Å²) in [5.41, 5.74) is 7.37. The van der Waals surface area contributed by atoms with Gasteiger partial charge in [0.05, 0.1) is 16.6 Å². The van der Waals surface area contributed by atoms with Crippen molar-refractivity contribution in [2.24, 2.45) is 0 Å². The molecule has 0 atom stereocenters. The predicted octanol–water partition coefficient (Wildman–Crippen LogP) is 12.2. The smallest absolute Gasteiger partial charge is 0.208 e. The molecule has 0 fully saturated rings. The van der Waals surface area contributed by atoms with Crippen LogP contribution in [0.25, 0.3) is 104 Å². The molecular weight excluding hydrogens is 781 g/mol. The molecule has 0 unspecified atom stereocenters. The van der Waals surface area contributed by atoms with E-state index in [1.54, 1.807) is 23.5 Å². The topological polar surface area (TPSA) is 145 Å². The predicted molar refractivity (Wildman–Crippen MR) is 243 cm³/mol. The third-order valence-corrected chi connectivity index (χ3v) is 12.4. The van der Waals surface area contributed by atoms with Gasteiger partial charge in [-0.2, -0.15) is 0 Å². The van der Waals surface area contributed by atoms with Crippen LogP contribution in [-0.2, 0) is 0 Å². The van der Waals surface area contributed by atoms with Crippen LogP contribution in [0.5, 0.6) is 28.7 Å². The van der Waals surface area contributed by atoms with Gasteiger partial charge in [-0.1, -0.05) is 115 Å². The van der Waals surface area contributed by atoms with E-state index in [4.69, 9.17) is 15.0 Å². The van der Waals surface area contributed by atoms with Gasteiger partial charge in [-0.15, -0.1) is 11.3 Å². The van der Waals surface area contributed by atoms with Gasteiger partial charge in [-0.05, 0) is 65.2 Å². The molecule has 5 N–H and O–H groups in total. The maximum atomic E-state index is 11.0. The zero-order valence-electron chi connectivity index (χ0n) is 32.0. The Labute approximate surface area is 351 Å². The third kappa shape index (κ3) is 5.72. The Morgan fingerprint density at radius 1 is 0.377 bits per heavy atom. The molecule has 0 aliphatic carbocycles. The first kappa shape index (κ1) is 35.9. The lowest BCUT2D eigenvalue weighted by Crippen LogP contribution is -2.01. The number of aromatic hydroxyl groups is 5. The van der Waals surface area contributed by atoms with Crippen LogP contribution in [0.3, 0.4) is 0 Å². The molecule has 0 bridgehead atoms. The second-order valence-electron chi connectivity index (χ2n) is 14.7. The highest BCUT2D eigenvalue weighted by molar-refractivity contribution is 7.25. The van der Waals surface area contributed by atoms with E-state index in [1.165, 1.54) is 0 Å². The summed E-state index contributed by atoms with van der Waals surface area (Å²) in [4.78, 5) is 15.2. The quantitative estimate of drug-likeness (QED) is 0.0824. The van der Waals surface area contributed by atoms with Gasteiger partial charge >= 0.3 is 0 Å². The van der Waals surface area contributed by atoms with Gasteiger partial charge in [-0.25, -0.2) is 15.0 Å². The first-order valence-corrected chi connectivity index (χ1v) is 20.3. The van der Waals surface area contributed by atoms with Crippen molar-refractivity contribution in [2.75, 3.05) is 0 Å². The molecule has 11 rings (SSSR count). The van der Waals surface area contributed by atoms with Crippen molar-refractivity contribution in [2.45, 2.75) is 0 Å². The van der Waals surface area contributed by atoms with E-state index in [0.717, 1.165) is 70.1 Å². The van der Waals surface area contributed by atoms with Gasteiger partial charge in [-0.3, -0.25) is 0 Å². The fraction of sp³-hybridized carbons (Fsp3) is 0. The summed E-state index contributed by atoms with van der Waals surface area (Å²) in [7, 11) is 0. The summed E-state index contributed by atoms with van der Waals surface area (Å²) in [6, 6.07) is 54.2. The second-order valence-corrected chi connectivity index (χ2v) is 15.8. The molecule has 11 aromatic rings. The first-order valence-electron chi connectivity index (χ1n) is 19.5. The fourth-order valence-electron chi connectivity index (χ4n) is 8.38. The lowest BCUT2D eigenvalue weighted by atomic mass is 9.96. The van der Waals surface area contributed by atoms with Crippen LogP contribution >= 0.6 is 11.3 Å². The molecule has 3 heterocycles. The summed E-state index contributed by atoms with van der Waals surface area (Å²) < 4.78 is 4.31. The number of para-hydroxylation sites is 1. The maximum absolute atomic E-state index is 11.0. The molecule has 0 spiro atoms. The molecule has 61 heavy (non-hydrogen) atoms. The minimum absolute atomic E-state index is 0.200. The molecule has 0 saturated carbocycles. The summed E-state index contributed by atoms with van der Waals surface area (Å²) in [5, 5.41) is 56.7. The molecule has 0 aliphatic heterocycles. The van der Waals surface area contributed by atoms with Crippen molar-refractivity contribution in [3.63, 3.8) is 0 Å². The molecule has 3 aromatic heterocycles. The molecule has 9 nitrogen and oxygen atoms in total. The van der Waals surface area contributed by atoms with Gasteiger partial charge < -0.3 is 30.1 Å². The summed E-state index contributed by atoms with van der Waals surface area (Å²) in [6.07, 6.45) is 0. The average molecular weight is 813 g/mol. The molecule has 0 aliphatic rings. The van der Waals surface area contributed by atoms with Crippen LogP contribution in [0, 0.1) is 0 Å². The van der Waals surface area contributed by atoms with E-state index in [2.05, 4.69) is 65.2 Å². The number of phenolic OH excluding ortho intramolecular Hbond substituents is 5. The van der Waals surface area contributed by atoms with Crippen LogP contribution in [-0.4, -0.2) is 45.1 Å². The van der Waals surface area contributed by atoms with E-state index in [9.17, 15) is 25.5 Å². The number of benzene rings is 8. The molecule has 10 heteroatoms. The number of rotatable bonds is 6. The normalized spacial score (nSPS) is 11.6. The molecule has 0 radical (unpaired) electrons. The van der Waals surface area contributed by atoms with Gasteiger partial charge in [0.1, 0.15) is 0 Å². The number of hydrogen-bond donors (Lipinski definition) is 5. The number of fused-ring (bicyclic) bond motifs is 6. The van der Waals surface area contributed by atoms with Crippen LogP contribution in [0.15, 0.2) is 164 Å². The SMILES string of the molecule is Oc1c(O)c(O)c(-c2cccc3c2c2ccccc2n3-c2ccc3sc4ccc(-c5nc(-c6ccccc6)nc(-c6ccccc6-c6ccccc6)n5)cc4c3c2)c(O)c1O. The minimum atomic E-state index is -1.01. The van der Waals surface area contributed by atoms with Gasteiger partial charge in [0.25, 0.3) is 0 Å². The molecular formula is C51H32N4O5S. The Morgan fingerprint density at radius 3 is 1.66 bits per heavy atom. The number of thiophene rings is 1. The van der Waals surface area contributed by atoms with Crippen molar-refractivity contribution in [3.05, 3.63) is 164 Å². The number of nitrogens with zero attached hydrogens (tertiary/aromatic N) is 4. The van der Waals surface area contributed by atoms with E-state index in [1.807, 2.05) is 91.0 Å². The van der Waals surface area contributed by atoms with E-state index < -0.39 is 28.7 Å². The maximum Gasteiger partial charge on any atom is 0.208 e. The zero-order valence-corrected chi connectivity index (χ0v) is 32.8. The van der Waals surface area contributed by atoms with Crippen LogP contribution in [0.4, 0.5) is 0 Å². The van der Waals surface area contributed by atoms with Crippen molar-refractivity contribution in [1.82, 2.24) is 19.5 Å².